The molecular weight excluding hydrogens is 217 g/mol. The van der Waals surface area contributed by atoms with Gasteiger partial charge in [-0.15, -0.1) is 0 Å². The lowest BCUT2D eigenvalue weighted by atomic mass is 10.1. The van der Waals surface area contributed by atoms with Gasteiger partial charge in [-0.3, -0.25) is 5.10 Å². The van der Waals surface area contributed by atoms with Crippen molar-refractivity contribution in [3.05, 3.63) is 41.6 Å². The van der Waals surface area contributed by atoms with Crippen LogP contribution in [0, 0.1) is 6.92 Å². The number of benzene rings is 1. The molecule has 0 aliphatic heterocycles. The fourth-order valence-corrected chi connectivity index (χ4v) is 1.47. The van der Waals surface area contributed by atoms with Crippen LogP contribution < -0.4 is 0 Å². The minimum absolute atomic E-state index is 0.311. The molecule has 0 amide bonds. The highest BCUT2D eigenvalue weighted by molar-refractivity contribution is 5.63. The van der Waals surface area contributed by atoms with Crippen molar-refractivity contribution in [1.29, 1.82) is 0 Å². The predicted octanol–water partition coefficient (Wildman–Crippen LogP) is 3.40. The minimum Gasteiger partial charge on any atom is -0.273 e. The summed E-state index contributed by atoms with van der Waals surface area (Å²) in [6, 6.07) is 8.19. The van der Waals surface area contributed by atoms with Crippen LogP contribution in [0.25, 0.3) is 11.3 Å². The second kappa shape index (κ2) is 3.66. The van der Waals surface area contributed by atoms with E-state index < -0.39 is 11.9 Å². The van der Waals surface area contributed by atoms with E-state index in [0.29, 0.717) is 11.3 Å². The Kier molecular flexibility index (Phi) is 2.46. The number of hydrogen-bond acceptors (Lipinski definition) is 1. The molecule has 0 saturated heterocycles. The fourth-order valence-electron chi connectivity index (χ4n) is 1.47. The van der Waals surface area contributed by atoms with E-state index in [-0.39, 0.29) is 0 Å². The highest BCUT2D eigenvalue weighted by atomic mass is 19.4. The van der Waals surface area contributed by atoms with Crippen LogP contribution in [-0.4, -0.2) is 10.2 Å². The van der Waals surface area contributed by atoms with E-state index >= 15 is 0 Å². The summed E-state index contributed by atoms with van der Waals surface area (Å²) in [5, 5.41) is 5.67. The van der Waals surface area contributed by atoms with Crippen molar-refractivity contribution in [2.24, 2.45) is 0 Å². The Morgan fingerprint density at radius 2 is 1.88 bits per heavy atom. The summed E-state index contributed by atoms with van der Waals surface area (Å²) in [7, 11) is 0. The zero-order valence-electron chi connectivity index (χ0n) is 8.47. The third-order valence-corrected chi connectivity index (χ3v) is 2.30. The fraction of sp³-hybridized carbons (Fsp3) is 0.182. The second-order valence-corrected chi connectivity index (χ2v) is 3.48. The van der Waals surface area contributed by atoms with Crippen LogP contribution in [0.4, 0.5) is 13.2 Å². The largest absolute Gasteiger partial charge is 0.432 e. The van der Waals surface area contributed by atoms with Gasteiger partial charge in [0, 0.05) is 5.56 Å². The monoisotopic (exact) mass is 226 g/mol. The highest BCUT2D eigenvalue weighted by Gasteiger charge is 2.33. The highest BCUT2D eigenvalue weighted by Crippen LogP contribution is 2.30. The van der Waals surface area contributed by atoms with E-state index in [1.807, 2.05) is 24.2 Å². The Labute approximate surface area is 90.1 Å². The summed E-state index contributed by atoms with van der Waals surface area (Å²) in [6.45, 7) is 1.83. The molecule has 0 unspecified atom stereocenters. The molecule has 0 atom stereocenters. The van der Waals surface area contributed by atoms with Crippen LogP contribution >= 0.6 is 0 Å². The van der Waals surface area contributed by atoms with Gasteiger partial charge in [-0.2, -0.15) is 18.3 Å². The first-order chi connectivity index (χ1) is 7.48. The molecule has 1 heterocycles. The van der Waals surface area contributed by atoms with E-state index in [9.17, 15) is 13.2 Å². The van der Waals surface area contributed by atoms with Gasteiger partial charge in [0.05, 0.1) is 5.69 Å². The molecule has 0 bridgehead atoms. The first-order valence-corrected chi connectivity index (χ1v) is 4.67. The van der Waals surface area contributed by atoms with Crippen molar-refractivity contribution < 1.29 is 13.2 Å². The Morgan fingerprint density at radius 1 is 1.19 bits per heavy atom. The summed E-state index contributed by atoms with van der Waals surface area (Å²) in [4.78, 5) is 0. The lowest BCUT2D eigenvalue weighted by Crippen LogP contribution is -2.04. The van der Waals surface area contributed by atoms with E-state index in [4.69, 9.17) is 0 Å². The van der Waals surface area contributed by atoms with Crippen LogP contribution in [0.5, 0.6) is 0 Å². The van der Waals surface area contributed by atoms with Gasteiger partial charge in [0.25, 0.3) is 0 Å². The standard InChI is InChI=1S/C11H9F3N2/c1-7-4-2-3-5-8(7)9-6-10(16-15-9)11(12,13)14/h2-6H,1H3,(H,15,16). The average Bonchev–Trinajstić information content (AvgIpc) is 2.66. The summed E-state index contributed by atoms with van der Waals surface area (Å²) >= 11 is 0. The Morgan fingerprint density at radius 3 is 2.44 bits per heavy atom. The summed E-state index contributed by atoms with van der Waals surface area (Å²) < 4.78 is 37.0. The van der Waals surface area contributed by atoms with Gasteiger partial charge in [0.1, 0.15) is 5.69 Å². The molecule has 16 heavy (non-hydrogen) atoms. The van der Waals surface area contributed by atoms with Gasteiger partial charge in [0.15, 0.2) is 0 Å². The van der Waals surface area contributed by atoms with Crippen molar-refractivity contribution in [3.63, 3.8) is 0 Å². The van der Waals surface area contributed by atoms with Crippen molar-refractivity contribution in [2.45, 2.75) is 13.1 Å². The van der Waals surface area contributed by atoms with E-state index in [2.05, 4.69) is 5.10 Å². The molecule has 2 nitrogen and oxygen atoms in total. The number of aromatic amines is 1. The maximum Gasteiger partial charge on any atom is 0.432 e. The lowest BCUT2D eigenvalue weighted by Gasteiger charge is -2.01. The topological polar surface area (TPSA) is 28.7 Å². The van der Waals surface area contributed by atoms with Gasteiger partial charge in [-0.05, 0) is 18.6 Å². The quantitative estimate of drug-likeness (QED) is 0.793. The molecule has 1 N–H and O–H groups in total. The van der Waals surface area contributed by atoms with Crippen molar-refractivity contribution in [2.75, 3.05) is 0 Å². The lowest BCUT2D eigenvalue weighted by molar-refractivity contribution is -0.141. The van der Waals surface area contributed by atoms with Crippen LogP contribution in [0.15, 0.2) is 30.3 Å². The van der Waals surface area contributed by atoms with Gasteiger partial charge >= 0.3 is 6.18 Å². The molecule has 1 aromatic heterocycles. The third kappa shape index (κ3) is 1.93. The van der Waals surface area contributed by atoms with Gasteiger partial charge in [-0.25, -0.2) is 0 Å². The molecule has 0 aliphatic carbocycles. The molecule has 0 saturated carbocycles. The van der Waals surface area contributed by atoms with Crippen molar-refractivity contribution in [3.8, 4) is 11.3 Å². The molecule has 0 aliphatic rings. The third-order valence-electron chi connectivity index (χ3n) is 2.30. The number of H-pyrrole nitrogens is 1. The summed E-state index contributed by atoms with van der Waals surface area (Å²) in [5.74, 6) is 0. The molecule has 1 aromatic carbocycles. The summed E-state index contributed by atoms with van der Waals surface area (Å²) in [5.41, 5.74) is 1.08. The average molecular weight is 226 g/mol. The van der Waals surface area contributed by atoms with Crippen LogP contribution in [0.2, 0.25) is 0 Å². The number of hydrogen-bond donors (Lipinski definition) is 1. The molecule has 5 heteroatoms. The first kappa shape index (κ1) is 10.7. The number of aromatic nitrogens is 2. The number of nitrogens with zero attached hydrogens (tertiary/aromatic N) is 1. The number of nitrogens with one attached hydrogen (secondary N) is 1. The molecule has 2 aromatic rings. The first-order valence-electron chi connectivity index (χ1n) is 4.67. The molecule has 0 radical (unpaired) electrons. The van der Waals surface area contributed by atoms with Gasteiger partial charge in [0.2, 0.25) is 0 Å². The van der Waals surface area contributed by atoms with Gasteiger partial charge < -0.3 is 0 Å². The number of alkyl halides is 3. The zero-order chi connectivity index (χ0) is 11.8. The summed E-state index contributed by atoms with van der Waals surface area (Å²) in [6.07, 6.45) is -4.38. The Bertz CT molecular complexity index is 500. The number of aryl methyl sites for hydroxylation is 1. The van der Waals surface area contributed by atoms with Crippen molar-refractivity contribution >= 4 is 0 Å². The minimum atomic E-state index is -4.38. The molecule has 0 spiro atoms. The Balaban J connectivity index is 2.44. The SMILES string of the molecule is Cc1ccccc1-c1cc(C(F)(F)F)[nH]n1. The van der Waals surface area contributed by atoms with Gasteiger partial charge in [-0.1, -0.05) is 24.3 Å². The van der Waals surface area contributed by atoms with Crippen LogP contribution in [0.3, 0.4) is 0 Å². The molecular formula is C11H9F3N2. The van der Waals surface area contributed by atoms with Crippen LogP contribution in [-0.2, 0) is 6.18 Å². The normalized spacial score (nSPS) is 11.8. The molecule has 2 rings (SSSR count). The van der Waals surface area contributed by atoms with Crippen LogP contribution in [0.1, 0.15) is 11.3 Å². The molecule has 84 valence electrons. The maximum atomic E-state index is 12.3. The Hall–Kier alpha value is -1.78. The van der Waals surface area contributed by atoms with E-state index in [0.717, 1.165) is 11.6 Å². The second-order valence-electron chi connectivity index (χ2n) is 3.48. The van der Waals surface area contributed by atoms with E-state index in [1.54, 1.807) is 12.1 Å². The number of rotatable bonds is 1. The molecule has 0 fully saturated rings. The number of halogens is 3. The predicted molar refractivity (Wildman–Crippen MR) is 53.8 cm³/mol. The zero-order valence-corrected chi connectivity index (χ0v) is 8.47. The van der Waals surface area contributed by atoms with E-state index in [1.165, 1.54) is 0 Å². The smallest absolute Gasteiger partial charge is 0.273 e. The van der Waals surface area contributed by atoms with Crippen molar-refractivity contribution in [1.82, 2.24) is 10.2 Å². The maximum absolute atomic E-state index is 12.3.